The molecule has 2 N–H and O–H groups in total. The van der Waals surface area contributed by atoms with Crippen LogP contribution in [-0.2, 0) is 4.79 Å². The Hall–Kier alpha value is -1.47. The lowest BCUT2D eigenvalue weighted by Gasteiger charge is -2.34. The topological polar surface area (TPSA) is 69.6 Å². The molecule has 1 saturated heterocycles. The third kappa shape index (κ3) is 4.28. The number of nitrogens with one attached hydrogen (secondary N) is 1. The molecule has 0 aromatic carbocycles. The second kappa shape index (κ2) is 6.32. The Morgan fingerprint density at radius 3 is 2.40 bits per heavy atom. The van der Waals surface area contributed by atoms with Gasteiger partial charge in [0.05, 0.1) is 5.92 Å². The molecule has 1 aliphatic heterocycles. The molecule has 0 aromatic rings. The summed E-state index contributed by atoms with van der Waals surface area (Å²) in [6, 6.07) is -1.85. The Bertz CT molecular complexity index is 371. The van der Waals surface area contributed by atoms with Gasteiger partial charge in [-0.3, -0.25) is 0 Å². The van der Waals surface area contributed by atoms with Crippen LogP contribution in [0.2, 0.25) is 0 Å². The number of urea groups is 1. The number of carbonyl (C=O) groups is 2. The zero-order valence-corrected chi connectivity index (χ0v) is 11.4. The van der Waals surface area contributed by atoms with Crippen molar-refractivity contribution >= 4 is 12.0 Å². The van der Waals surface area contributed by atoms with Gasteiger partial charge in [0.25, 0.3) is 0 Å². The van der Waals surface area contributed by atoms with Gasteiger partial charge >= 0.3 is 18.2 Å². The number of likely N-dealkylation sites (tertiary alicyclic amines) is 1. The molecule has 0 spiro atoms. The largest absolute Gasteiger partial charge is 0.480 e. The van der Waals surface area contributed by atoms with E-state index < -0.39 is 36.7 Å². The molecule has 1 unspecified atom stereocenters. The number of aliphatic carboxylic acids is 1. The number of carboxylic acids is 1. The van der Waals surface area contributed by atoms with E-state index in [2.05, 4.69) is 5.32 Å². The third-order valence-corrected chi connectivity index (χ3v) is 3.38. The summed E-state index contributed by atoms with van der Waals surface area (Å²) in [4.78, 5) is 23.9. The van der Waals surface area contributed by atoms with Crippen LogP contribution in [-0.4, -0.2) is 47.3 Å². The first-order valence-corrected chi connectivity index (χ1v) is 6.48. The van der Waals surface area contributed by atoms with Gasteiger partial charge in [-0.15, -0.1) is 0 Å². The lowest BCUT2D eigenvalue weighted by molar-refractivity contribution is -0.184. The fourth-order valence-corrected chi connectivity index (χ4v) is 2.17. The molecule has 1 fully saturated rings. The lowest BCUT2D eigenvalue weighted by atomic mass is 9.98. The Balaban J connectivity index is 2.65. The number of rotatable bonds is 3. The molecule has 0 bridgehead atoms. The molecule has 0 saturated carbocycles. The van der Waals surface area contributed by atoms with Crippen molar-refractivity contribution in [2.45, 2.75) is 38.9 Å². The van der Waals surface area contributed by atoms with Crippen molar-refractivity contribution in [1.82, 2.24) is 10.2 Å². The Morgan fingerprint density at radius 2 is 1.95 bits per heavy atom. The summed E-state index contributed by atoms with van der Waals surface area (Å²) in [6.07, 6.45) is -4.07. The van der Waals surface area contributed by atoms with Crippen molar-refractivity contribution in [2.24, 2.45) is 11.8 Å². The summed E-state index contributed by atoms with van der Waals surface area (Å²) < 4.78 is 37.9. The molecule has 0 radical (unpaired) electrons. The highest BCUT2D eigenvalue weighted by Gasteiger charge is 2.43. The average Bonchev–Trinajstić information content (AvgIpc) is 2.34. The molecule has 116 valence electrons. The van der Waals surface area contributed by atoms with Crippen LogP contribution in [0.4, 0.5) is 18.0 Å². The third-order valence-electron chi connectivity index (χ3n) is 3.38. The zero-order valence-electron chi connectivity index (χ0n) is 11.4. The van der Waals surface area contributed by atoms with Crippen LogP contribution in [0.25, 0.3) is 0 Å². The Labute approximate surface area is 115 Å². The van der Waals surface area contributed by atoms with E-state index in [4.69, 9.17) is 5.11 Å². The highest BCUT2D eigenvalue weighted by Crippen LogP contribution is 2.33. The van der Waals surface area contributed by atoms with E-state index in [0.717, 1.165) is 4.90 Å². The minimum atomic E-state index is -4.33. The maximum absolute atomic E-state index is 12.6. The molecule has 5 nitrogen and oxygen atoms in total. The van der Waals surface area contributed by atoms with E-state index >= 15 is 0 Å². The van der Waals surface area contributed by atoms with E-state index in [-0.39, 0.29) is 25.3 Å². The molecular formula is C12H19F3N2O3. The standard InChI is InChI=1S/C12H19F3N2O3/c1-7(2)9(10(18)19)16-11(20)17-5-3-4-8(6-17)12(13,14)15/h7-9H,3-6H2,1-2H3,(H,16,20)(H,18,19)/t8?,9-/m0/s1. The molecule has 2 amide bonds. The van der Waals surface area contributed by atoms with Gasteiger partial charge in [-0.1, -0.05) is 13.8 Å². The normalized spacial score (nSPS) is 21.7. The summed E-state index contributed by atoms with van der Waals surface area (Å²) in [5.74, 6) is -3.08. The van der Waals surface area contributed by atoms with Gasteiger partial charge in [0.2, 0.25) is 0 Å². The second-order valence-electron chi connectivity index (χ2n) is 5.34. The van der Waals surface area contributed by atoms with Gasteiger partial charge < -0.3 is 15.3 Å². The van der Waals surface area contributed by atoms with Crippen molar-refractivity contribution in [2.75, 3.05) is 13.1 Å². The summed E-state index contributed by atoms with van der Waals surface area (Å²) in [5.41, 5.74) is 0. The first-order valence-electron chi connectivity index (χ1n) is 6.48. The second-order valence-corrected chi connectivity index (χ2v) is 5.34. The van der Waals surface area contributed by atoms with E-state index in [1.54, 1.807) is 13.8 Å². The van der Waals surface area contributed by atoms with Crippen molar-refractivity contribution in [1.29, 1.82) is 0 Å². The van der Waals surface area contributed by atoms with Crippen molar-refractivity contribution in [3.05, 3.63) is 0 Å². The number of nitrogens with zero attached hydrogens (tertiary/aromatic N) is 1. The number of carbonyl (C=O) groups excluding carboxylic acids is 1. The molecule has 2 atom stereocenters. The summed E-state index contributed by atoms with van der Waals surface area (Å²) in [6.45, 7) is 3.03. The van der Waals surface area contributed by atoms with E-state index in [0.29, 0.717) is 0 Å². The predicted octanol–water partition coefficient (Wildman–Crippen LogP) is 2.08. The van der Waals surface area contributed by atoms with Crippen LogP contribution in [0.1, 0.15) is 26.7 Å². The van der Waals surface area contributed by atoms with Crippen molar-refractivity contribution < 1.29 is 27.9 Å². The Morgan fingerprint density at radius 1 is 1.35 bits per heavy atom. The van der Waals surface area contributed by atoms with Crippen LogP contribution in [0.15, 0.2) is 0 Å². The number of piperidine rings is 1. The summed E-state index contributed by atoms with van der Waals surface area (Å²) in [7, 11) is 0. The fraction of sp³-hybridized carbons (Fsp3) is 0.833. The molecule has 8 heteroatoms. The zero-order chi connectivity index (χ0) is 15.5. The molecule has 1 aliphatic rings. The molecule has 1 rings (SSSR count). The SMILES string of the molecule is CC(C)[C@H](NC(=O)N1CCCC(C(F)(F)F)C1)C(=O)O. The van der Waals surface area contributed by atoms with Gasteiger partial charge in [-0.25, -0.2) is 9.59 Å². The summed E-state index contributed by atoms with van der Waals surface area (Å²) >= 11 is 0. The number of amides is 2. The number of alkyl halides is 3. The number of hydrogen-bond acceptors (Lipinski definition) is 2. The van der Waals surface area contributed by atoms with Crippen molar-refractivity contribution in [3.63, 3.8) is 0 Å². The van der Waals surface area contributed by atoms with E-state index in [9.17, 15) is 22.8 Å². The monoisotopic (exact) mass is 296 g/mol. The average molecular weight is 296 g/mol. The molecule has 0 aliphatic carbocycles. The van der Waals surface area contributed by atoms with E-state index in [1.165, 1.54) is 0 Å². The van der Waals surface area contributed by atoms with E-state index in [1.807, 2.05) is 0 Å². The summed E-state index contributed by atoms with van der Waals surface area (Å²) in [5, 5.41) is 11.2. The number of hydrogen-bond donors (Lipinski definition) is 2. The van der Waals surface area contributed by atoms with Gasteiger partial charge in [-0.2, -0.15) is 13.2 Å². The van der Waals surface area contributed by atoms with Crippen LogP contribution < -0.4 is 5.32 Å². The number of halogens is 3. The minimum absolute atomic E-state index is 0.000179. The molecule has 0 aromatic heterocycles. The first-order chi connectivity index (χ1) is 9.12. The van der Waals surface area contributed by atoms with Gasteiger partial charge in [0, 0.05) is 13.1 Å². The Kier molecular flexibility index (Phi) is 5.24. The lowest BCUT2D eigenvalue weighted by Crippen LogP contribution is -2.53. The molecular weight excluding hydrogens is 277 g/mol. The highest BCUT2D eigenvalue weighted by molar-refractivity contribution is 5.82. The highest BCUT2D eigenvalue weighted by atomic mass is 19.4. The van der Waals surface area contributed by atoms with Crippen molar-refractivity contribution in [3.8, 4) is 0 Å². The molecule has 1 heterocycles. The van der Waals surface area contributed by atoms with Gasteiger partial charge in [0.15, 0.2) is 0 Å². The maximum Gasteiger partial charge on any atom is 0.393 e. The molecule has 20 heavy (non-hydrogen) atoms. The van der Waals surface area contributed by atoms with Crippen LogP contribution >= 0.6 is 0 Å². The predicted molar refractivity (Wildman–Crippen MR) is 65.1 cm³/mol. The smallest absolute Gasteiger partial charge is 0.393 e. The number of carboxylic acid groups (broad SMARTS) is 1. The van der Waals surface area contributed by atoms with Gasteiger partial charge in [-0.05, 0) is 18.8 Å². The van der Waals surface area contributed by atoms with Crippen LogP contribution in [0, 0.1) is 11.8 Å². The van der Waals surface area contributed by atoms with Gasteiger partial charge in [0.1, 0.15) is 6.04 Å². The minimum Gasteiger partial charge on any atom is -0.480 e. The first kappa shape index (κ1) is 16.6. The van der Waals surface area contributed by atoms with Crippen LogP contribution in [0.3, 0.4) is 0 Å². The van der Waals surface area contributed by atoms with Crippen LogP contribution in [0.5, 0.6) is 0 Å². The fourth-order valence-electron chi connectivity index (χ4n) is 2.17. The maximum atomic E-state index is 12.6. The quantitative estimate of drug-likeness (QED) is 0.837.